The molecule has 27 heavy (non-hydrogen) atoms. The van der Waals surface area contributed by atoms with Crippen molar-refractivity contribution in [3.05, 3.63) is 52.3 Å². The number of aromatic amines is 1. The third kappa shape index (κ3) is 4.45. The monoisotopic (exact) mass is 371 g/mol. The highest BCUT2D eigenvalue weighted by Crippen LogP contribution is 2.22. The Morgan fingerprint density at radius 2 is 1.70 bits per heavy atom. The molecule has 1 N–H and O–H groups in total. The Balaban J connectivity index is 2.17. The maximum absolute atomic E-state index is 12.8. The number of hydrogen-bond acceptors (Lipinski definition) is 5. The van der Waals surface area contributed by atoms with E-state index in [1.807, 2.05) is 0 Å². The van der Waals surface area contributed by atoms with Gasteiger partial charge < -0.3 is 14.5 Å². The zero-order valence-corrected chi connectivity index (χ0v) is 16.3. The van der Waals surface area contributed by atoms with E-state index in [9.17, 15) is 14.4 Å². The van der Waals surface area contributed by atoms with Gasteiger partial charge in [-0.2, -0.15) is 0 Å². The summed E-state index contributed by atoms with van der Waals surface area (Å²) in [6.45, 7) is 8.89. The number of benzene rings is 1. The Kier molecular flexibility index (Phi) is 6.55. The van der Waals surface area contributed by atoms with Crippen molar-refractivity contribution >= 4 is 17.5 Å². The Morgan fingerprint density at radius 3 is 2.26 bits per heavy atom. The SMILES string of the molecule is CCOC(=O)c1c(C)[nH]c(C(=O)[C@H](C)Oc2ccc(C(=O)CC)cc2)c1C. The second kappa shape index (κ2) is 8.66. The highest BCUT2D eigenvalue weighted by molar-refractivity contribution is 6.03. The van der Waals surface area contributed by atoms with E-state index in [0.717, 1.165) is 0 Å². The summed E-state index contributed by atoms with van der Waals surface area (Å²) in [6.07, 6.45) is -0.326. The molecule has 1 atom stereocenters. The van der Waals surface area contributed by atoms with Crippen molar-refractivity contribution in [1.82, 2.24) is 4.98 Å². The van der Waals surface area contributed by atoms with Gasteiger partial charge in [0.2, 0.25) is 5.78 Å². The molecule has 6 heteroatoms. The van der Waals surface area contributed by atoms with Crippen molar-refractivity contribution in [3.63, 3.8) is 0 Å². The summed E-state index contributed by atoms with van der Waals surface area (Å²) in [5.41, 5.74) is 2.47. The van der Waals surface area contributed by atoms with Crippen LogP contribution in [0.5, 0.6) is 5.75 Å². The van der Waals surface area contributed by atoms with E-state index in [-0.39, 0.29) is 18.2 Å². The van der Waals surface area contributed by atoms with Gasteiger partial charge >= 0.3 is 5.97 Å². The molecule has 2 aromatic rings. The second-order valence-corrected chi connectivity index (χ2v) is 6.27. The number of hydrogen-bond donors (Lipinski definition) is 1. The zero-order chi connectivity index (χ0) is 20.1. The lowest BCUT2D eigenvalue weighted by Gasteiger charge is -2.14. The van der Waals surface area contributed by atoms with Gasteiger partial charge in [-0.25, -0.2) is 4.79 Å². The first-order valence-electron chi connectivity index (χ1n) is 9.00. The summed E-state index contributed by atoms with van der Waals surface area (Å²) in [7, 11) is 0. The first kappa shape index (κ1) is 20.4. The average molecular weight is 371 g/mol. The van der Waals surface area contributed by atoms with Gasteiger partial charge in [0.25, 0.3) is 0 Å². The van der Waals surface area contributed by atoms with Gasteiger partial charge in [0.15, 0.2) is 11.9 Å². The van der Waals surface area contributed by atoms with E-state index in [2.05, 4.69) is 4.98 Å². The third-order valence-corrected chi connectivity index (χ3v) is 4.34. The van der Waals surface area contributed by atoms with Crippen LogP contribution in [0.2, 0.25) is 0 Å². The molecule has 0 amide bonds. The number of aromatic nitrogens is 1. The Bertz CT molecular complexity index is 848. The van der Waals surface area contributed by atoms with Crippen molar-refractivity contribution in [3.8, 4) is 5.75 Å². The summed E-state index contributed by atoms with van der Waals surface area (Å²) >= 11 is 0. The maximum atomic E-state index is 12.8. The molecule has 0 saturated carbocycles. The van der Waals surface area contributed by atoms with Gasteiger partial charge in [-0.15, -0.1) is 0 Å². The van der Waals surface area contributed by atoms with Crippen LogP contribution in [0.25, 0.3) is 0 Å². The predicted octanol–water partition coefficient (Wildman–Crippen LogP) is 4.05. The first-order valence-corrected chi connectivity index (χ1v) is 9.00. The topological polar surface area (TPSA) is 85.5 Å². The molecule has 2 rings (SSSR count). The van der Waals surface area contributed by atoms with Gasteiger partial charge in [-0.3, -0.25) is 9.59 Å². The minimum Gasteiger partial charge on any atom is -0.483 e. The van der Waals surface area contributed by atoms with Crippen molar-refractivity contribution < 1.29 is 23.9 Å². The predicted molar refractivity (Wildman–Crippen MR) is 102 cm³/mol. The number of nitrogens with one attached hydrogen (secondary N) is 1. The van der Waals surface area contributed by atoms with Crippen LogP contribution >= 0.6 is 0 Å². The lowest BCUT2D eigenvalue weighted by atomic mass is 10.1. The highest BCUT2D eigenvalue weighted by Gasteiger charge is 2.26. The average Bonchev–Trinajstić information content (AvgIpc) is 2.95. The molecule has 0 fully saturated rings. The number of carbonyl (C=O) groups excluding carboxylic acids is 3. The van der Waals surface area contributed by atoms with Crippen LogP contribution < -0.4 is 4.74 Å². The number of esters is 1. The second-order valence-electron chi connectivity index (χ2n) is 6.27. The number of Topliss-reactive ketones (excluding diaryl/α,β-unsaturated/α-hetero) is 2. The van der Waals surface area contributed by atoms with Crippen molar-refractivity contribution in [2.75, 3.05) is 6.61 Å². The number of ether oxygens (including phenoxy) is 2. The van der Waals surface area contributed by atoms with Crippen LogP contribution in [-0.4, -0.2) is 35.2 Å². The lowest BCUT2D eigenvalue weighted by molar-refractivity contribution is 0.0525. The van der Waals surface area contributed by atoms with Crippen molar-refractivity contribution in [2.45, 2.75) is 47.1 Å². The maximum Gasteiger partial charge on any atom is 0.340 e. The van der Waals surface area contributed by atoms with Crippen LogP contribution in [0.4, 0.5) is 0 Å². The summed E-state index contributed by atoms with van der Waals surface area (Å²) in [4.78, 5) is 39.5. The number of ketones is 2. The molecule has 1 aromatic carbocycles. The number of H-pyrrole nitrogens is 1. The fourth-order valence-electron chi connectivity index (χ4n) is 2.89. The molecule has 0 radical (unpaired) electrons. The van der Waals surface area contributed by atoms with Crippen LogP contribution in [-0.2, 0) is 4.74 Å². The molecule has 0 unspecified atom stereocenters. The Labute approximate surface area is 158 Å². The molecule has 1 heterocycles. The molecule has 0 aliphatic heterocycles. The van der Waals surface area contributed by atoms with E-state index >= 15 is 0 Å². The van der Waals surface area contributed by atoms with Gasteiger partial charge in [0.1, 0.15) is 5.75 Å². The first-order chi connectivity index (χ1) is 12.8. The fraction of sp³-hybridized carbons (Fsp3) is 0.381. The molecule has 0 aliphatic carbocycles. The zero-order valence-electron chi connectivity index (χ0n) is 16.3. The number of carbonyl (C=O) groups is 3. The van der Waals surface area contributed by atoms with Crippen molar-refractivity contribution in [1.29, 1.82) is 0 Å². The highest BCUT2D eigenvalue weighted by atomic mass is 16.5. The molecular weight excluding hydrogens is 346 g/mol. The molecule has 144 valence electrons. The Hall–Kier alpha value is -2.89. The molecule has 0 aliphatic rings. The summed E-state index contributed by atoms with van der Waals surface area (Å²) in [5, 5.41) is 0. The smallest absolute Gasteiger partial charge is 0.340 e. The summed E-state index contributed by atoms with van der Waals surface area (Å²) in [5.74, 6) is -0.169. The normalized spacial score (nSPS) is 11.7. The minimum absolute atomic E-state index is 0.0506. The minimum atomic E-state index is -0.760. The van der Waals surface area contributed by atoms with E-state index in [1.54, 1.807) is 58.9 Å². The van der Waals surface area contributed by atoms with Crippen LogP contribution in [0.1, 0.15) is 69.7 Å². The number of rotatable bonds is 8. The Morgan fingerprint density at radius 1 is 1.07 bits per heavy atom. The van der Waals surface area contributed by atoms with Gasteiger partial charge in [0.05, 0.1) is 17.9 Å². The van der Waals surface area contributed by atoms with E-state index in [0.29, 0.717) is 40.2 Å². The molecule has 0 saturated heterocycles. The molecule has 0 bridgehead atoms. The van der Waals surface area contributed by atoms with Gasteiger partial charge in [-0.05, 0) is 57.5 Å². The number of aryl methyl sites for hydroxylation is 1. The van der Waals surface area contributed by atoms with Crippen molar-refractivity contribution in [2.24, 2.45) is 0 Å². The molecule has 6 nitrogen and oxygen atoms in total. The fourth-order valence-corrected chi connectivity index (χ4v) is 2.89. The standard InChI is InChI=1S/C21H25NO5/c1-6-17(23)15-8-10-16(11-9-15)27-14(5)20(24)19-12(3)18(13(4)22-19)21(25)26-7-2/h8-11,14,22H,6-7H2,1-5H3/t14-/m0/s1. The van der Waals surface area contributed by atoms with E-state index in [1.165, 1.54) is 0 Å². The lowest BCUT2D eigenvalue weighted by Crippen LogP contribution is -2.25. The van der Waals surface area contributed by atoms with E-state index in [4.69, 9.17) is 9.47 Å². The summed E-state index contributed by atoms with van der Waals surface area (Å²) in [6, 6.07) is 6.70. The largest absolute Gasteiger partial charge is 0.483 e. The molecule has 1 aromatic heterocycles. The third-order valence-electron chi connectivity index (χ3n) is 4.34. The van der Waals surface area contributed by atoms with Crippen LogP contribution in [0, 0.1) is 13.8 Å². The van der Waals surface area contributed by atoms with Crippen LogP contribution in [0.15, 0.2) is 24.3 Å². The van der Waals surface area contributed by atoms with E-state index < -0.39 is 12.1 Å². The quantitative estimate of drug-likeness (QED) is 0.559. The van der Waals surface area contributed by atoms with Crippen LogP contribution in [0.3, 0.4) is 0 Å². The molecular formula is C21H25NO5. The van der Waals surface area contributed by atoms with Gasteiger partial charge in [-0.1, -0.05) is 6.92 Å². The summed E-state index contributed by atoms with van der Waals surface area (Å²) < 4.78 is 10.8. The van der Waals surface area contributed by atoms with Gasteiger partial charge in [0, 0.05) is 17.7 Å². The molecule has 0 spiro atoms.